The first-order valence-electron chi connectivity index (χ1n) is 5.64. The van der Waals surface area contributed by atoms with E-state index in [1.807, 2.05) is 25.1 Å². The molecule has 4 nitrogen and oxygen atoms in total. The second-order valence-corrected chi connectivity index (χ2v) is 4.41. The van der Waals surface area contributed by atoms with Gasteiger partial charge in [-0.1, -0.05) is 12.1 Å². The molecule has 0 fully saturated rings. The molecule has 0 spiro atoms. The molecule has 1 amide bonds. The largest absolute Gasteiger partial charge is 0.386 e. The van der Waals surface area contributed by atoms with E-state index in [9.17, 15) is 9.90 Å². The summed E-state index contributed by atoms with van der Waals surface area (Å²) in [5.74, 6) is -0.0388. The summed E-state index contributed by atoms with van der Waals surface area (Å²) in [4.78, 5) is 13.5. The van der Waals surface area contributed by atoms with E-state index in [-0.39, 0.29) is 18.4 Å². The molecule has 0 saturated carbocycles. The third-order valence-electron chi connectivity index (χ3n) is 3.29. The van der Waals surface area contributed by atoms with Crippen LogP contribution in [0, 0.1) is 0 Å². The molecule has 1 aliphatic rings. The van der Waals surface area contributed by atoms with Crippen molar-refractivity contribution in [2.24, 2.45) is 0 Å². The third kappa shape index (κ3) is 1.94. The summed E-state index contributed by atoms with van der Waals surface area (Å²) in [5, 5.41) is 9.85. The first kappa shape index (κ1) is 12.1. The molecule has 4 heteroatoms. The summed E-state index contributed by atoms with van der Waals surface area (Å²) < 4.78 is 4.92. The van der Waals surface area contributed by atoms with Crippen LogP contribution in [0.4, 0.5) is 5.69 Å². The number of carbonyl (C=O) groups is 1. The van der Waals surface area contributed by atoms with E-state index < -0.39 is 6.10 Å². The Morgan fingerprint density at radius 2 is 2.24 bits per heavy atom. The predicted octanol–water partition coefficient (Wildman–Crippen LogP) is 1.45. The van der Waals surface area contributed by atoms with Crippen molar-refractivity contribution in [2.75, 3.05) is 25.7 Å². The SMILES string of the molecule is COCC(O)c1ccc2c(c1)C(C)C(=O)N2C. The van der Waals surface area contributed by atoms with Gasteiger partial charge in [0.15, 0.2) is 0 Å². The number of ether oxygens (including phenoxy) is 1. The summed E-state index contributed by atoms with van der Waals surface area (Å²) in [6.07, 6.45) is -0.640. The van der Waals surface area contributed by atoms with Crippen molar-refractivity contribution < 1.29 is 14.6 Å². The Balaban J connectivity index is 2.36. The molecule has 1 aromatic rings. The molecule has 2 unspecified atom stereocenters. The Hall–Kier alpha value is -1.39. The first-order chi connectivity index (χ1) is 8.06. The monoisotopic (exact) mass is 235 g/mol. The van der Waals surface area contributed by atoms with Gasteiger partial charge in [0, 0.05) is 19.8 Å². The van der Waals surface area contributed by atoms with Crippen LogP contribution in [0.25, 0.3) is 0 Å². The maximum absolute atomic E-state index is 11.8. The van der Waals surface area contributed by atoms with Crippen LogP contribution in [-0.2, 0) is 9.53 Å². The highest BCUT2D eigenvalue weighted by Gasteiger charge is 2.32. The Morgan fingerprint density at radius 3 is 2.88 bits per heavy atom. The zero-order valence-electron chi connectivity index (χ0n) is 10.3. The molecule has 92 valence electrons. The van der Waals surface area contributed by atoms with Gasteiger partial charge >= 0.3 is 0 Å². The average molecular weight is 235 g/mol. The van der Waals surface area contributed by atoms with Crippen LogP contribution in [0.1, 0.15) is 30.1 Å². The molecule has 1 heterocycles. The highest BCUT2D eigenvalue weighted by atomic mass is 16.5. The van der Waals surface area contributed by atoms with E-state index in [0.717, 1.165) is 16.8 Å². The lowest BCUT2D eigenvalue weighted by Gasteiger charge is -2.13. The van der Waals surface area contributed by atoms with E-state index in [1.165, 1.54) is 0 Å². The van der Waals surface area contributed by atoms with Gasteiger partial charge in [-0.05, 0) is 24.1 Å². The van der Waals surface area contributed by atoms with Crippen molar-refractivity contribution in [1.82, 2.24) is 0 Å². The van der Waals surface area contributed by atoms with Crippen molar-refractivity contribution in [3.05, 3.63) is 29.3 Å². The molecular weight excluding hydrogens is 218 g/mol. The zero-order valence-corrected chi connectivity index (χ0v) is 10.3. The van der Waals surface area contributed by atoms with Gasteiger partial charge in [-0.2, -0.15) is 0 Å². The van der Waals surface area contributed by atoms with Crippen LogP contribution < -0.4 is 4.90 Å². The highest BCUT2D eigenvalue weighted by Crippen LogP contribution is 2.37. The Kier molecular flexibility index (Phi) is 3.17. The lowest BCUT2D eigenvalue weighted by atomic mass is 9.98. The predicted molar refractivity (Wildman–Crippen MR) is 65.1 cm³/mol. The number of carbonyl (C=O) groups excluding carboxylic acids is 1. The fourth-order valence-corrected chi connectivity index (χ4v) is 2.23. The minimum Gasteiger partial charge on any atom is -0.386 e. The van der Waals surface area contributed by atoms with Crippen LogP contribution in [0.2, 0.25) is 0 Å². The first-order valence-corrected chi connectivity index (χ1v) is 5.64. The standard InChI is InChI=1S/C13H17NO3/c1-8-10-6-9(12(15)7-17-3)4-5-11(10)14(2)13(8)16/h4-6,8,12,15H,7H2,1-3H3. The Labute approximate surface area is 101 Å². The molecule has 2 rings (SSSR count). The van der Waals surface area contributed by atoms with Crippen LogP contribution in [0.15, 0.2) is 18.2 Å². The number of anilines is 1. The van der Waals surface area contributed by atoms with Gasteiger partial charge in [0.2, 0.25) is 5.91 Å². The number of methoxy groups -OCH3 is 1. The topological polar surface area (TPSA) is 49.8 Å². The van der Waals surface area contributed by atoms with Gasteiger partial charge in [0.1, 0.15) is 6.10 Å². The van der Waals surface area contributed by atoms with Gasteiger partial charge < -0.3 is 14.7 Å². The minimum absolute atomic E-state index is 0.0957. The molecule has 0 radical (unpaired) electrons. The second kappa shape index (κ2) is 4.47. The van der Waals surface area contributed by atoms with E-state index >= 15 is 0 Å². The Bertz CT molecular complexity index is 444. The summed E-state index contributed by atoms with van der Waals surface area (Å²) in [6.45, 7) is 2.15. The van der Waals surface area contributed by atoms with Crippen LogP contribution in [0.3, 0.4) is 0 Å². The third-order valence-corrected chi connectivity index (χ3v) is 3.29. The van der Waals surface area contributed by atoms with Gasteiger partial charge in [0.05, 0.1) is 12.5 Å². The van der Waals surface area contributed by atoms with Gasteiger partial charge in [-0.25, -0.2) is 0 Å². The number of rotatable bonds is 3. The molecule has 2 atom stereocenters. The van der Waals surface area contributed by atoms with Crippen molar-refractivity contribution in [1.29, 1.82) is 0 Å². The van der Waals surface area contributed by atoms with Gasteiger partial charge in [0.25, 0.3) is 0 Å². The number of amides is 1. The highest BCUT2D eigenvalue weighted by molar-refractivity contribution is 6.04. The zero-order chi connectivity index (χ0) is 12.6. The van der Waals surface area contributed by atoms with Gasteiger partial charge in [-0.3, -0.25) is 4.79 Å². The number of hydrogen-bond donors (Lipinski definition) is 1. The Morgan fingerprint density at radius 1 is 1.53 bits per heavy atom. The van der Waals surface area contributed by atoms with Crippen molar-refractivity contribution in [3.8, 4) is 0 Å². The lowest BCUT2D eigenvalue weighted by molar-refractivity contribution is -0.118. The molecule has 1 N–H and O–H groups in total. The van der Waals surface area contributed by atoms with Crippen molar-refractivity contribution >= 4 is 11.6 Å². The molecular formula is C13H17NO3. The lowest BCUT2D eigenvalue weighted by Crippen LogP contribution is -2.22. The van der Waals surface area contributed by atoms with E-state index in [1.54, 1.807) is 19.1 Å². The van der Waals surface area contributed by atoms with Crippen molar-refractivity contribution in [3.63, 3.8) is 0 Å². The molecule has 0 bridgehead atoms. The van der Waals surface area contributed by atoms with E-state index in [0.29, 0.717) is 0 Å². The second-order valence-electron chi connectivity index (χ2n) is 4.41. The van der Waals surface area contributed by atoms with E-state index in [4.69, 9.17) is 4.74 Å². The fourth-order valence-electron chi connectivity index (χ4n) is 2.23. The molecule has 0 aliphatic carbocycles. The maximum atomic E-state index is 11.8. The molecule has 1 aromatic carbocycles. The van der Waals surface area contributed by atoms with Crippen LogP contribution >= 0.6 is 0 Å². The number of aliphatic hydroxyl groups is 1. The fraction of sp³-hybridized carbons (Fsp3) is 0.462. The number of benzene rings is 1. The summed E-state index contributed by atoms with van der Waals surface area (Å²) >= 11 is 0. The molecule has 0 aromatic heterocycles. The number of fused-ring (bicyclic) bond motifs is 1. The minimum atomic E-state index is -0.640. The van der Waals surface area contributed by atoms with Gasteiger partial charge in [-0.15, -0.1) is 0 Å². The molecule has 17 heavy (non-hydrogen) atoms. The summed E-state index contributed by atoms with van der Waals surface area (Å²) in [7, 11) is 3.33. The molecule has 0 saturated heterocycles. The maximum Gasteiger partial charge on any atom is 0.234 e. The number of aliphatic hydroxyl groups excluding tert-OH is 1. The van der Waals surface area contributed by atoms with Crippen LogP contribution in [-0.4, -0.2) is 31.8 Å². The number of nitrogens with zero attached hydrogens (tertiary/aromatic N) is 1. The van der Waals surface area contributed by atoms with E-state index in [2.05, 4.69) is 0 Å². The van der Waals surface area contributed by atoms with Crippen molar-refractivity contribution in [2.45, 2.75) is 18.9 Å². The average Bonchev–Trinajstić information content (AvgIpc) is 2.55. The smallest absolute Gasteiger partial charge is 0.234 e. The molecule has 1 aliphatic heterocycles. The summed E-state index contributed by atoms with van der Waals surface area (Å²) in [5.41, 5.74) is 2.70. The normalized spacial score (nSPS) is 20.6. The number of hydrogen-bond acceptors (Lipinski definition) is 3. The van der Waals surface area contributed by atoms with Crippen LogP contribution in [0.5, 0.6) is 0 Å². The number of likely N-dealkylation sites (N-methyl/N-ethyl adjacent to an activating group) is 1. The quantitative estimate of drug-likeness (QED) is 0.862. The summed E-state index contributed by atoms with van der Waals surface area (Å²) in [6, 6.07) is 5.61.